The molecular weight excluding hydrogens is 493 g/mol. The summed E-state index contributed by atoms with van der Waals surface area (Å²) in [6, 6.07) is 0. The number of aromatic nitrogens is 1. The molecule has 0 spiro atoms. The summed E-state index contributed by atoms with van der Waals surface area (Å²) in [6.45, 7) is 20.0. The Morgan fingerprint density at radius 1 is 1.24 bits per heavy atom. The van der Waals surface area contributed by atoms with Gasteiger partial charge >= 0.3 is 0 Å². The molecule has 7 heteroatoms. The fraction of sp³-hybridized carbons (Fsp3) is 0.818. The van der Waals surface area contributed by atoms with Crippen LogP contribution in [0.4, 0.5) is 0 Å². The van der Waals surface area contributed by atoms with Gasteiger partial charge in [0, 0.05) is 42.5 Å². The predicted molar refractivity (Wildman–Crippen MR) is 135 cm³/mol. The van der Waals surface area contributed by atoms with Crippen molar-refractivity contribution in [1.29, 1.82) is 0 Å². The predicted octanol–water partition coefficient (Wildman–Crippen LogP) is 4.62. The van der Waals surface area contributed by atoms with Crippen LogP contribution in [0.3, 0.4) is 0 Å². The summed E-state index contributed by atoms with van der Waals surface area (Å²) < 4.78 is 0. The van der Waals surface area contributed by atoms with E-state index in [0.29, 0.717) is 11.3 Å². The van der Waals surface area contributed by atoms with E-state index in [1.54, 1.807) is 11.3 Å². The van der Waals surface area contributed by atoms with Crippen LogP contribution >= 0.6 is 35.3 Å². The molecule has 3 heterocycles. The third-order valence-electron chi connectivity index (χ3n) is 6.97. The molecule has 5 nitrogen and oxygen atoms in total. The van der Waals surface area contributed by atoms with E-state index < -0.39 is 0 Å². The third kappa shape index (κ3) is 5.64. The lowest BCUT2D eigenvalue weighted by Gasteiger charge is -2.62. The molecule has 0 amide bonds. The van der Waals surface area contributed by atoms with Gasteiger partial charge in [0.1, 0.15) is 0 Å². The van der Waals surface area contributed by atoms with Crippen molar-refractivity contribution in [3.05, 3.63) is 16.1 Å². The van der Waals surface area contributed by atoms with Crippen LogP contribution < -0.4 is 5.32 Å². The smallest absolute Gasteiger partial charge is 0.194 e. The number of hydrogen-bond donors (Lipinski definition) is 1. The number of thiazole rings is 1. The van der Waals surface area contributed by atoms with Crippen molar-refractivity contribution in [3.63, 3.8) is 0 Å². The second-order valence-electron chi connectivity index (χ2n) is 9.53. The van der Waals surface area contributed by atoms with E-state index in [1.165, 1.54) is 23.5 Å². The molecule has 2 aliphatic rings. The lowest BCUT2D eigenvalue weighted by atomic mass is 9.65. The first-order valence-corrected chi connectivity index (χ1v) is 11.9. The van der Waals surface area contributed by atoms with Crippen LogP contribution in [-0.2, 0) is 13.0 Å². The van der Waals surface area contributed by atoms with Crippen molar-refractivity contribution in [2.45, 2.75) is 72.9 Å². The average Bonchev–Trinajstić information content (AvgIpc) is 3.12. The van der Waals surface area contributed by atoms with E-state index in [4.69, 9.17) is 9.98 Å². The van der Waals surface area contributed by atoms with Crippen LogP contribution in [0.1, 0.15) is 65.1 Å². The molecule has 1 aromatic rings. The number of guanidine groups is 1. The first kappa shape index (κ1) is 24.9. The molecule has 2 saturated heterocycles. The number of likely N-dealkylation sites (tertiary alicyclic amines) is 2. The van der Waals surface area contributed by atoms with Gasteiger partial charge in [0.25, 0.3) is 0 Å². The molecule has 29 heavy (non-hydrogen) atoms. The van der Waals surface area contributed by atoms with Crippen LogP contribution in [0.2, 0.25) is 0 Å². The van der Waals surface area contributed by atoms with Gasteiger partial charge in [-0.25, -0.2) is 4.98 Å². The Hall–Kier alpha value is -0.410. The number of rotatable bonds is 6. The Kier molecular flexibility index (Phi) is 8.80. The Morgan fingerprint density at radius 3 is 2.45 bits per heavy atom. The van der Waals surface area contributed by atoms with Gasteiger partial charge in [0.05, 0.1) is 10.7 Å². The highest BCUT2D eigenvalue weighted by molar-refractivity contribution is 14.0. The van der Waals surface area contributed by atoms with Crippen molar-refractivity contribution in [2.24, 2.45) is 16.3 Å². The zero-order valence-electron chi connectivity index (χ0n) is 19.1. The van der Waals surface area contributed by atoms with Crippen LogP contribution in [0.25, 0.3) is 0 Å². The van der Waals surface area contributed by atoms with Crippen LogP contribution in [-0.4, -0.2) is 59.0 Å². The Morgan fingerprint density at radius 2 is 1.93 bits per heavy atom. The van der Waals surface area contributed by atoms with Crippen molar-refractivity contribution in [2.75, 3.05) is 32.7 Å². The summed E-state index contributed by atoms with van der Waals surface area (Å²) in [5, 5.41) is 7.01. The molecule has 3 rings (SSSR count). The second-order valence-corrected chi connectivity index (χ2v) is 10.5. The number of hydrogen-bond acceptors (Lipinski definition) is 4. The number of aryl methyl sites for hydroxylation is 1. The minimum Gasteiger partial charge on any atom is -0.356 e. The maximum atomic E-state index is 5.05. The zero-order valence-corrected chi connectivity index (χ0v) is 22.3. The first-order chi connectivity index (χ1) is 13.3. The van der Waals surface area contributed by atoms with Gasteiger partial charge in [0.2, 0.25) is 0 Å². The van der Waals surface area contributed by atoms with Gasteiger partial charge in [-0.3, -0.25) is 9.89 Å². The quantitative estimate of drug-likeness (QED) is 0.329. The Balaban J connectivity index is 0.00000300. The standard InChI is InChI=1S/C22H39N5S.HI/c1-7-19-25-18(15-28-19)14-26-11-9-17(10-12-26)13-24-20(23-8-2)27-16-21(3,4)22(27,5)6;/h15,17H,7-14,16H2,1-6H3,(H,23,24);1H. The lowest BCUT2D eigenvalue weighted by Crippen LogP contribution is -2.72. The van der Waals surface area contributed by atoms with Crippen molar-refractivity contribution in [3.8, 4) is 0 Å². The molecule has 0 aliphatic carbocycles. The molecule has 2 aliphatic heterocycles. The van der Waals surface area contributed by atoms with Crippen LogP contribution in [0.5, 0.6) is 0 Å². The van der Waals surface area contributed by atoms with Crippen molar-refractivity contribution >= 4 is 41.3 Å². The highest BCUT2D eigenvalue weighted by atomic mass is 127. The maximum absolute atomic E-state index is 5.05. The molecule has 0 saturated carbocycles. The SMILES string of the molecule is CCNC(=NCC1CCN(Cc2csc(CC)n2)CC1)N1CC(C)(C)C1(C)C.I. The average molecular weight is 534 g/mol. The van der Waals surface area contributed by atoms with Gasteiger partial charge in [0.15, 0.2) is 5.96 Å². The molecule has 1 aromatic heterocycles. The minimum atomic E-state index is 0. The highest BCUT2D eigenvalue weighted by Gasteiger charge is 2.53. The van der Waals surface area contributed by atoms with Gasteiger partial charge in [-0.2, -0.15) is 0 Å². The molecule has 0 radical (unpaired) electrons. The van der Waals surface area contributed by atoms with Gasteiger partial charge in [-0.15, -0.1) is 35.3 Å². The first-order valence-electron chi connectivity index (χ1n) is 11.0. The second kappa shape index (κ2) is 10.3. The fourth-order valence-electron chi connectivity index (χ4n) is 4.15. The van der Waals surface area contributed by atoms with Crippen LogP contribution in [0.15, 0.2) is 10.4 Å². The number of halogens is 1. The maximum Gasteiger partial charge on any atom is 0.194 e. The largest absolute Gasteiger partial charge is 0.356 e. The molecule has 2 fully saturated rings. The molecule has 0 bridgehead atoms. The summed E-state index contributed by atoms with van der Waals surface area (Å²) in [7, 11) is 0. The van der Waals surface area contributed by atoms with E-state index in [0.717, 1.165) is 51.6 Å². The fourth-order valence-corrected chi connectivity index (χ4v) is 4.89. The van der Waals surface area contributed by atoms with E-state index in [2.05, 4.69) is 62.0 Å². The Bertz CT molecular complexity index is 676. The number of aliphatic imine (C=N–C) groups is 1. The summed E-state index contributed by atoms with van der Waals surface area (Å²) >= 11 is 1.80. The highest BCUT2D eigenvalue weighted by Crippen LogP contribution is 2.46. The molecular formula is C22H40IN5S. The molecule has 1 N–H and O–H groups in total. The normalized spacial score (nSPS) is 22.1. The topological polar surface area (TPSA) is 43.8 Å². The van der Waals surface area contributed by atoms with Crippen LogP contribution in [0, 0.1) is 11.3 Å². The molecule has 0 atom stereocenters. The van der Waals surface area contributed by atoms with Gasteiger partial charge < -0.3 is 10.2 Å². The third-order valence-corrected chi connectivity index (χ3v) is 8.01. The zero-order chi connectivity index (χ0) is 20.4. The van der Waals surface area contributed by atoms with E-state index in [-0.39, 0.29) is 29.5 Å². The van der Waals surface area contributed by atoms with E-state index in [1.807, 2.05) is 0 Å². The van der Waals surface area contributed by atoms with Crippen molar-refractivity contribution in [1.82, 2.24) is 20.1 Å². The minimum absolute atomic E-state index is 0. The van der Waals surface area contributed by atoms with E-state index >= 15 is 0 Å². The molecule has 0 unspecified atom stereocenters. The summed E-state index contributed by atoms with van der Waals surface area (Å²) in [6.07, 6.45) is 3.52. The van der Waals surface area contributed by atoms with Crippen molar-refractivity contribution < 1.29 is 0 Å². The number of nitrogens with one attached hydrogen (secondary N) is 1. The lowest BCUT2D eigenvalue weighted by molar-refractivity contribution is -0.0668. The summed E-state index contributed by atoms with van der Waals surface area (Å²) in [5.74, 6) is 1.80. The monoisotopic (exact) mass is 533 g/mol. The Labute approximate surface area is 198 Å². The molecule has 0 aromatic carbocycles. The molecule has 166 valence electrons. The number of nitrogens with zero attached hydrogens (tertiary/aromatic N) is 4. The van der Waals surface area contributed by atoms with Gasteiger partial charge in [-0.1, -0.05) is 20.8 Å². The van der Waals surface area contributed by atoms with E-state index in [9.17, 15) is 0 Å². The summed E-state index contributed by atoms with van der Waals surface area (Å²) in [4.78, 5) is 14.8. The summed E-state index contributed by atoms with van der Waals surface area (Å²) in [5.41, 5.74) is 1.74. The van der Waals surface area contributed by atoms with Gasteiger partial charge in [-0.05, 0) is 59.0 Å². The number of piperidine rings is 1.